The van der Waals surface area contributed by atoms with Crippen LogP contribution < -0.4 is 5.32 Å². The average Bonchev–Trinajstić information content (AvgIpc) is 2.41. The van der Waals surface area contributed by atoms with Crippen molar-refractivity contribution in [1.29, 1.82) is 0 Å². The second-order valence-corrected chi connectivity index (χ2v) is 5.07. The first-order valence-corrected chi connectivity index (χ1v) is 6.71. The van der Waals surface area contributed by atoms with Gasteiger partial charge in [0.05, 0.1) is 0 Å². The van der Waals surface area contributed by atoms with Crippen LogP contribution in [0.15, 0.2) is 18.2 Å². The highest BCUT2D eigenvalue weighted by Crippen LogP contribution is 2.08. The highest BCUT2D eigenvalue weighted by Gasteiger charge is 2.12. The average molecular weight is 269 g/mol. The number of rotatable bonds is 5. The van der Waals surface area contributed by atoms with Crippen molar-refractivity contribution in [3.05, 3.63) is 35.4 Å². The van der Waals surface area contributed by atoms with E-state index in [1.54, 1.807) is 6.07 Å². The van der Waals surface area contributed by atoms with Gasteiger partial charge < -0.3 is 10.2 Å². The van der Waals surface area contributed by atoms with Gasteiger partial charge in [-0.1, -0.05) is 6.07 Å². The second kappa shape index (κ2) is 6.93. The third kappa shape index (κ3) is 4.53. The molecule has 0 radical (unpaired) electrons. The number of hydrogen-bond donors (Lipinski definition) is 1. The Kier molecular flexibility index (Phi) is 5.24. The van der Waals surface area contributed by atoms with Gasteiger partial charge in [-0.25, -0.2) is 8.78 Å². The van der Waals surface area contributed by atoms with E-state index < -0.39 is 11.6 Å². The molecule has 0 saturated carbocycles. The molecule has 1 heterocycles. The Balaban J connectivity index is 1.65. The highest BCUT2D eigenvalue weighted by molar-refractivity contribution is 5.17. The van der Waals surface area contributed by atoms with Crippen molar-refractivity contribution in [1.82, 2.24) is 15.1 Å². The number of nitrogens with one attached hydrogen (secondary N) is 1. The number of halogens is 2. The van der Waals surface area contributed by atoms with Crippen LogP contribution in [0.5, 0.6) is 0 Å². The zero-order valence-electron chi connectivity index (χ0n) is 11.3. The van der Waals surface area contributed by atoms with Crippen LogP contribution in [0.3, 0.4) is 0 Å². The lowest BCUT2D eigenvalue weighted by Gasteiger charge is -2.32. The number of benzene rings is 1. The van der Waals surface area contributed by atoms with Crippen LogP contribution in [0.1, 0.15) is 5.56 Å². The van der Waals surface area contributed by atoms with Gasteiger partial charge in [0.1, 0.15) is 0 Å². The van der Waals surface area contributed by atoms with Crippen molar-refractivity contribution in [3.63, 3.8) is 0 Å². The minimum atomic E-state index is -0.791. The summed E-state index contributed by atoms with van der Waals surface area (Å²) in [6, 6.07) is 4.03. The van der Waals surface area contributed by atoms with E-state index >= 15 is 0 Å². The van der Waals surface area contributed by atoms with Crippen molar-refractivity contribution in [2.45, 2.75) is 6.54 Å². The second-order valence-electron chi connectivity index (χ2n) is 5.07. The predicted molar refractivity (Wildman–Crippen MR) is 72.0 cm³/mol. The Hall–Kier alpha value is -1.04. The van der Waals surface area contributed by atoms with Crippen LogP contribution in [0.25, 0.3) is 0 Å². The van der Waals surface area contributed by atoms with E-state index in [1.165, 1.54) is 12.1 Å². The first-order chi connectivity index (χ1) is 9.15. The quantitative estimate of drug-likeness (QED) is 0.813. The van der Waals surface area contributed by atoms with Crippen molar-refractivity contribution in [2.24, 2.45) is 0 Å². The molecule has 1 aromatic rings. The molecule has 1 aliphatic rings. The third-order valence-corrected chi connectivity index (χ3v) is 3.51. The van der Waals surface area contributed by atoms with Crippen LogP contribution in [-0.2, 0) is 6.54 Å². The number of nitrogens with zero attached hydrogens (tertiary/aromatic N) is 2. The number of likely N-dealkylation sites (N-methyl/N-ethyl adjacent to an activating group) is 1. The molecule has 106 valence electrons. The molecule has 0 bridgehead atoms. The molecular weight excluding hydrogens is 248 g/mol. The minimum absolute atomic E-state index is 0.574. The number of piperazine rings is 1. The SMILES string of the molecule is CN1CCN(CCNCc2ccc(F)c(F)c2)CC1. The number of hydrogen-bond acceptors (Lipinski definition) is 3. The highest BCUT2D eigenvalue weighted by atomic mass is 19.2. The van der Waals surface area contributed by atoms with E-state index in [9.17, 15) is 8.78 Å². The lowest BCUT2D eigenvalue weighted by molar-refractivity contribution is 0.154. The maximum Gasteiger partial charge on any atom is 0.159 e. The van der Waals surface area contributed by atoms with Gasteiger partial charge in [0.15, 0.2) is 11.6 Å². The fourth-order valence-electron chi connectivity index (χ4n) is 2.19. The smallest absolute Gasteiger partial charge is 0.159 e. The van der Waals surface area contributed by atoms with Gasteiger partial charge in [-0.3, -0.25) is 4.90 Å². The Bertz CT molecular complexity index is 404. The fourth-order valence-corrected chi connectivity index (χ4v) is 2.19. The van der Waals surface area contributed by atoms with Crippen molar-refractivity contribution < 1.29 is 8.78 Å². The van der Waals surface area contributed by atoms with Gasteiger partial charge in [-0.2, -0.15) is 0 Å². The van der Waals surface area contributed by atoms with Crippen LogP contribution >= 0.6 is 0 Å². The molecule has 19 heavy (non-hydrogen) atoms. The van der Waals surface area contributed by atoms with Gasteiger partial charge in [0.2, 0.25) is 0 Å². The topological polar surface area (TPSA) is 18.5 Å². The molecule has 0 amide bonds. The molecule has 2 rings (SSSR count). The van der Waals surface area contributed by atoms with Crippen molar-refractivity contribution >= 4 is 0 Å². The normalized spacial score (nSPS) is 17.8. The first-order valence-electron chi connectivity index (χ1n) is 6.71. The van der Waals surface area contributed by atoms with E-state index in [-0.39, 0.29) is 0 Å². The maximum absolute atomic E-state index is 13.0. The molecular formula is C14H21F2N3. The molecule has 1 aromatic carbocycles. The molecule has 1 N–H and O–H groups in total. The lowest BCUT2D eigenvalue weighted by Crippen LogP contribution is -2.46. The van der Waals surface area contributed by atoms with E-state index in [2.05, 4.69) is 22.2 Å². The molecule has 0 aliphatic carbocycles. The third-order valence-electron chi connectivity index (χ3n) is 3.51. The summed E-state index contributed by atoms with van der Waals surface area (Å²) in [6.07, 6.45) is 0. The summed E-state index contributed by atoms with van der Waals surface area (Å²) in [5, 5.41) is 3.26. The van der Waals surface area contributed by atoms with E-state index in [0.717, 1.165) is 44.8 Å². The molecule has 5 heteroatoms. The summed E-state index contributed by atoms with van der Waals surface area (Å²) in [7, 11) is 2.14. The summed E-state index contributed by atoms with van der Waals surface area (Å²) >= 11 is 0. The Morgan fingerprint density at radius 3 is 2.53 bits per heavy atom. The van der Waals surface area contributed by atoms with E-state index in [4.69, 9.17) is 0 Å². The molecule has 0 aromatic heterocycles. The van der Waals surface area contributed by atoms with Gasteiger partial charge in [-0.05, 0) is 24.7 Å². The van der Waals surface area contributed by atoms with Crippen molar-refractivity contribution in [3.8, 4) is 0 Å². The predicted octanol–water partition coefficient (Wildman–Crippen LogP) is 1.30. The van der Waals surface area contributed by atoms with Crippen LogP contribution in [0.2, 0.25) is 0 Å². The van der Waals surface area contributed by atoms with Crippen molar-refractivity contribution in [2.75, 3.05) is 46.3 Å². The van der Waals surface area contributed by atoms with Gasteiger partial charge in [0, 0.05) is 45.8 Å². The van der Waals surface area contributed by atoms with Gasteiger partial charge in [-0.15, -0.1) is 0 Å². The summed E-state index contributed by atoms with van der Waals surface area (Å²) < 4.78 is 25.8. The summed E-state index contributed by atoms with van der Waals surface area (Å²) in [5.41, 5.74) is 0.775. The Morgan fingerprint density at radius 2 is 1.84 bits per heavy atom. The molecule has 0 atom stereocenters. The van der Waals surface area contributed by atoms with E-state index in [0.29, 0.717) is 6.54 Å². The Labute approximate surface area is 113 Å². The van der Waals surface area contributed by atoms with E-state index in [1.807, 2.05) is 0 Å². The lowest BCUT2D eigenvalue weighted by atomic mass is 10.2. The maximum atomic E-state index is 13.0. The molecule has 3 nitrogen and oxygen atoms in total. The monoisotopic (exact) mass is 269 g/mol. The largest absolute Gasteiger partial charge is 0.311 e. The summed E-state index contributed by atoms with van der Waals surface area (Å²) in [5.74, 6) is -1.57. The molecule has 1 saturated heterocycles. The van der Waals surface area contributed by atoms with Crippen LogP contribution in [-0.4, -0.2) is 56.1 Å². The summed E-state index contributed by atoms with van der Waals surface area (Å²) in [6.45, 7) is 6.87. The zero-order valence-corrected chi connectivity index (χ0v) is 11.3. The standard InChI is InChI=1S/C14H21F2N3/c1-18-6-8-19(9-7-18)5-4-17-11-12-2-3-13(15)14(16)10-12/h2-3,10,17H,4-9,11H2,1H3. The van der Waals surface area contributed by atoms with Crippen LogP contribution in [0.4, 0.5) is 8.78 Å². The molecule has 1 aliphatic heterocycles. The van der Waals surface area contributed by atoms with Gasteiger partial charge in [0.25, 0.3) is 0 Å². The molecule has 0 unspecified atom stereocenters. The Morgan fingerprint density at radius 1 is 1.11 bits per heavy atom. The molecule has 1 fully saturated rings. The summed E-state index contributed by atoms with van der Waals surface area (Å²) in [4.78, 5) is 4.74. The first kappa shape index (κ1) is 14.4. The minimum Gasteiger partial charge on any atom is -0.311 e. The zero-order chi connectivity index (χ0) is 13.7. The fraction of sp³-hybridized carbons (Fsp3) is 0.571. The molecule has 0 spiro atoms. The van der Waals surface area contributed by atoms with Gasteiger partial charge >= 0.3 is 0 Å². The van der Waals surface area contributed by atoms with Crippen LogP contribution in [0, 0.1) is 11.6 Å².